The van der Waals surface area contributed by atoms with Gasteiger partial charge in [0.1, 0.15) is 10.6 Å². The molecule has 0 radical (unpaired) electrons. The number of aromatic nitrogens is 2. The summed E-state index contributed by atoms with van der Waals surface area (Å²) in [5.74, 6) is 0.291. The number of carbonyl (C=O) groups is 1. The number of hydrogen-bond acceptors (Lipinski definition) is 7. The van der Waals surface area contributed by atoms with Crippen molar-refractivity contribution in [2.24, 2.45) is 0 Å². The highest BCUT2D eigenvalue weighted by Gasteiger charge is 2.20. The maximum absolute atomic E-state index is 12.9. The van der Waals surface area contributed by atoms with Gasteiger partial charge in [0.05, 0.1) is 17.2 Å². The summed E-state index contributed by atoms with van der Waals surface area (Å²) in [6.45, 7) is 5.98. The van der Waals surface area contributed by atoms with Gasteiger partial charge < -0.3 is 10.1 Å². The molecular weight excluding hydrogens is 424 g/mol. The smallest absolute Gasteiger partial charge is 0.269 e. The largest absolute Gasteiger partial charge is 0.494 e. The summed E-state index contributed by atoms with van der Waals surface area (Å²) < 4.78 is 37.6. The molecule has 0 unspecified atom stereocenters. The predicted molar refractivity (Wildman–Crippen MR) is 117 cm³/mol. The zero-order valence-corrected chi connectivity index (χ0v) is 18.4. The fourth-order valence-electron chi connectivity index (χ4n) is 2.76. The van der Waals surface area contributed by atoms with E-state index in [9.17, 15) is 13.2 Å². The van der Waals surface area contributed by atoms with Crippen molar-refractivity contribution in [1.82, 2.24) is 9.59 Å². The Kier molecular flexibility index (Phi) is 6.68. The number of ether oxygens (including phenoxy) is 1. The zero-order valence-electron chi connectivity index (χ0n) is 16.8. The Hall–Kier alpha value is -2.98. The summed E-state index contributed by atoms with van der Waals surface area (Å²) >= 11 is 1.01. The van der Waals surface area contributed by atoms with Crippen molar-refractivity contribution in [3.05, 3.63) is 58.6 Å². The molecule has 0 saturated heterocycles. The third kappa shape index (κ3) is 4.95. The SMILES string of the molecule is CCOc1ccc(NS(=O)(=O)c2cc(NC(=O)c3snnc3CC)ccc2C)cc1. The van der Waals surface area contributed by atoms with Crippen LogP contribution in [0.4, 0.5) is 11.4 Å². The summed E-state index contributed by atoms with van der Waals surface area (Å²) in [5.41, 5.74) is 1.94. The number of carbonyl (C=O) groups excluding carboxylic acids is 1. The normalized spacial score (nSPS) is 11.2. The lowest BCUT2D eigenvalue weighted by molar-refractivity contribution is 0.102. The highest BCUT2D eigenvalue weighted by molar-refractivity contribution is 7.92. The fourth-order valence-corrected chi connectivity index (χ4v) is 4.74. The number of aryl methyl sites for hydroxylation is 2. The Labute approximate surface area is 179 Å². The van der Waals surface area contributed by atoms with Gasteiger partial charge >= 0.3 is 0 Å². The number of rotatable bonds is 8. The first-order chi connectivity index (χ1) is 14.3. The molecular formula is C20H22N4O4S2. The van der Waals surface area contributed by atoms with E-state index in [4.69, 9.17) is 4.74 Å². The second-order valence-corrected chi connectivity index (χ2v) is 8.80. The van der Waals surface area contributed by atoms with Crippen LogP contribution in [0.5, 0.6) is 5.75 Å². The summed E-state index contributed by atoms with van der Waals surface area (Å²) in [7, 11) is -3.86. The molecule has 0 aliphatic heterocycles. The Morgan fingerprint density at radius 3 is 2.47 bits per heavy atom. The van der Waals surface area contributed by atoms with Crippen molar-refractivity contribution in [2.75, 3.05) is 16.6 Å². The molecule has 10 heteroatoms. The second-order valence-electron chi connectivity index (χ2n) is 6.40. The van der Waals surface area contributed by atoms with E-state index in [1.165, 1.54) is 6.07 Å². The van der Waals surface area contributed by atoms with Crippen LogP contribution in [0.3, 0.4) is 0 Å². The number of amides is 1. The van der Waals surface area contributed by atoms with Crippen LogP contribution >= 0.6 is 11.5 Å². The van der Waals surface area contributed by atoms with Crippen LogP contribution in [0.15, 0.2) is 47.4 Å². The van der Waals surface area contributed by atoms with Gasteiger partial charge in [0.25, 0.3) is 15.9 Å². The van der Waals surface area contributed by atoms with Crippen LogP contribution in [0.25, 0.3) is 0 Å². The molecule has 0 spiro atoms. The molecule has 158 valence electrons. The van der Waals surface area contributed by atoms with Crippen molar-refractivity contribution in [1.29, 1.82) is 0 Å². The Morgan fingerprint density at radius 2 is 1.80 bits per heavy atom. The van der Waals surface area contributed by atoms with E-state index in [-0.39, 0.29) is 10.8 Å². The van der Waals surface area contributed by atoms with E-state index in [0.29, 0.717) is 46.3 Å². The minimum absolute atomic E-state index is 0.0762. The maximum Gasteiger partial charge on any atom is 0.269 e. The van der Waals surface area contributed by atoms with Gasteiger partial charge in [0.2, 0.25) is 0 Å². The highest BCUT2D eigenvalue weighted by atomic mass is 32.2. The number of nitrogens with zero attached hydrogens (tertiary/aromatic N) is 2. The molecule has 0 bridgehead atoms. The van der Waals surface area contributed by atoms with Crippen LogP contribution in [-0.2, 0) is 16.4 Å². The van der Waals surface area contributed by atoms with Crippen molar-refractivity contribution < 1.29 is 17.9 Å². The standard InChI is InChI=1S/C20H22N4O4S2/c1-4-17-19(29-24-22-17)20(25)21-15-7-6-13(3)18(12-15)30(26,27)23-14-8-10-16(11-9-14)28-5-2/h6-12,23H,4-5H2,1-3H3,(H,21,25). The number of benzene rings is 2. The van der Waals surface area contributed by atoms with Crippen molar-refractivity contribution in [3.63, 3.8) is 0 Å². The van der Waals surface area contributed by atoms with Crippen molar-refractivity contribution in [2.45, 2.75) is 32.1 Å². The zero-order chi connectivity index (χ0) is 21.7. The lowest BCUT2D eigenvalue weighted by atomic mass is 10.2. The molecule has 30 heavy (non-hydrogen) atoms. The number of anilines is 2. The third-order valence-corrected chi connectivity index (χ3v) is 6.54. The molecule has 2 N–H and O–H groups in total. The summed E-state index contributed by atoms with van der Waals surface area (Å²) in [6.07, 6.45) is 0.582. The van der Waals surface area contributed by atoms with Gasteiger partial charge in [-0.3, -0.25) is 9.52 Å². The maximum atomic E-state index is 12.9. The van der Waals surface area contributed by atoms with Gasteiger partial charge in [-0.25, -0.2) is 8.42 Å². The van der Waals surface area contributed by atoms with Gasteiger partial charge in [-0.05, 0) is 73.8 Å². The average molecular weight is 447 g/mol. The van der Waals surface area contributed by atoms with Crippen LogP contribution in [0.1, 0.15) is 34.8 Å². The van der Waals surface area contributed by atoms with Gasteiger partial charge in [-0.2, -0.15) is 0 Å². The molecule has 2 aromatic carbocycles. The first kappa shape index (κ1) is 21.7. The molecule has 3 rings (SSSR count). The quantitative estimate of drug-likeness (QED) is 0.544. The molecule has 1 amide bonds. The molecule has 0 aliphatic carbocycles. The topological polar surface area (TPSA) is 110 Å². The van der Waals surface area contributed by atoms with Gasteiger partial charge in [0.15, 0.2) is 0 Å². The van der Waals surface area contributed by atoms with Gasteiger partial charge in [-0.1, -0.05) is 17.5 Å². The van der Waals surface area contributed by atoms with Crippen LogP contribution in [-0.4, -0.2) is 30.5 Å². The minimum Gasteiger partial charge on any atom is -0.494 e. The third-order valence-electron chi connectivity index (χ3n) is 4.25. The van der Waals surface area contributed by atoms with Crippen molar-refractivity contribution >= 4 is 38.8 Å². The van der Waals surface area contributed by atoms with E-state index in [1.54, 1.807) is 43.3 Å². The van der Waals surface area contributed by atoms with Crippen LogP contribution in [0, 0.1) is 6.92 Å². The second kappa shape index (κ2) is 9.23. The number of nitrogens with one attached hydrogen (secondary N) is 2. The predicted octanol–water partition coefficient (Wildman–Crippen LogP) is 3.86. The van der Waals surface area contributed by atoms with Crippen LogP contribution in [0.2, 0.25) is 0 Å². The molecule has 0 saturated carbocycles. The Bertz CT molecular complexity index is 1140. The number of hydrogen-bond donors (Lipinski definition) is 2. The first-order valence-electron chi connectivity index (χ1n) is 9.33. The lowest BCUT2D eigenvalue weighted by Gasteiger charge is -2.13. The summed E-state index contributed by atoms with van der Waals surface area (Å²) in [6, 6.07) is 11.4. The highest BCUT2D eigenvalue weighted by Crippen LogP contribution is 2.25. The molecule has 0 fully saturated rings. The van der Waals surface area contributed by atoms with Gasteiger partial charge in [0, 0.05) is 11.4 Å². The number of sulfonamides is 1. The summed E-state index contributed by atoms with van der Waals surface area (Å²) in [4.78, 5) is 13.0. The monoisotopic (exact) mass is 446 g/mol. The van der Waals surface area contributed by atoms with E-state index in [0.717, 1.165) is 11.5 Å². The van der Waals surface area contributed by atoms with Crippen LogP contribution < -0.4 is 14.8 Å². The minimum atomic E-state index is -3.86. The molecule has 1 heterocycles. The Morgan fingerprint density at radius 1 is 1.10 bits per heavy atom. The molecule has 1 aromatic heterocycles. The molecule has 3 aromatic rings. The molecule has 0 aliphatic rings. The lowest BCUT2D eigenvalue weighted by Crippen LogP contribution is -2.16. The average Bonchev–Trinajstić information content (AvgIpc) is 3.20. The van der Waals surface area contributed by atoms with E-state index in [2.05, 4.69) is 19.6 Å². The fraction of sp³-hybridized carbons (Fsp3) is 0.250. The Balaban J connectivity index is 1.82. The van der Waals surface area contributed by atoms with Crippen molar-refractivity contribution in [3.8, 4) is 5.75 Å². The van der Waals surface area contributed by atoms with E-state index in [1.807, 2.05) is 13.8 Å². The molecule has 0 atom stereocenters. The first-order valence-corrected chi connectivity index (χ1v) is 11.6. The van der Waals surface area contributed by atoms with E-state index >= 15 is 0 Å². The molecule has 8 nitrogen and oxygen atoms in total. The summed E-state index contributed by atoms with van der Waals surface area (Å²) in [5, 5.41) is 6.65. The van der Waals surface area contributed by atoms with Gasteiger partial charge in [-0.15, -0.1) is 5.10 Å². The van der Waals surface area contributed by atoms with E-state index < -0.39 is 10.0 Å².